The molecule has 0 aliphatic carbocycles. The summed E-state index contributed by atoms with van der Waals surface area (Å²) in [6.07, 6.45) is 0. The molecular weight excluding hydrogens is 188 g/mol. The van der Waals surface area contributed by atoms with Crippen LogP contribution in [0.5, 0.6) is 0 Å². The number of carboxylic acid groups (broad SMARTS) is 1. The van der Waals surface area contributed by atoms with E-state index in [1.54, 1.807) is 6.07 Å². The summed E-state index contributed by atoms with van der Waals surface area (Å²) in [7, 11) is 0. The van der Waals surface area contributed by atoms with Crippen LogP contribution in [0.1, 0.15) is 14.5 Å². The first-order chi connectivity index (χ1) is 6.24. The van der Waals surface area contributed by atoms with Gasteiger partial charge in [-0.05, 0) is 12.1 Å². The molecule has 0 atom stereocenters. The Labute approximate surface area is 80.4 Å². The molecule has 0 radical (unpaired) electrons. The Bertz CT molecular complexity index is 285. The fraction of sp³-hybridized carbons (Fsp3) is 0.375. The van der Waals surface area contributed by atoms with Crippen LogP contribution in [-0.4, -0.2) is 24.2 Å². The summed E-state index contributed by atoms with van der Waals surface area (Å²) in [5, 5.41) is 11.7. The Morgan fingerprint density at radius 1 is 1.62 bits per heavy atom. The van der Waals surface area contributed by atoms with E-state index in [-0.39, 0.29) is 0 Å². The molecule has 4 N–H and O–H groups in total. The van der Waals surface area contributed by atoms with Crippen molar-refractivity contribution < 1.29 is 9.90 Å². The van der Waals surface area contributed by atoms with Crippen molar-refractivity contribution in [3.8, 4) is 0 Å². The maximum absolute atomic E-state index is 10.5. The lowest BCUT2D eigenvalue weighted by atomic mass is 10.4. The van der Waals surface area contributed by atoms with Gasteiger partial charge < -0.3 is 16.2 Å². The first kappa shape index (κ1) is 10.2. The molecular formula is C8H12N2O2S. The lowest BCUT2D eigenvalue weighted by molar-refractivity contribution is 0.0702. The van der Waals surface area contributed by atoms with E-state index in [2.05, 4.69) is 5.32 Å². The molecule has 0 bridgehead atoms. The molecule has 0 spiro atoms. The number of rotatable bonds is 5. The number of nitrogens with one attached hydrogen (secondary N) is 1. The SMILES string of the molecule is NCCNCc1ccc(C(=O)O)s1. The molecule has 1 aromatic heterocycles. The first-order valence-corrected chi connectivity index (χ1v) is 4.78. The van der Waals surface area contributed by atoms with Crippen molar-refractivity contribution in [2.75, 3.05) is 13.1 Å². The van der Waals surface area contributed by atoms with Gasteiger partial charge in [0.25, 0.3) is 0 Å². The summed E-state index contributed by atoms with van der Waals surface area (Å²) in [6.45, 7) is 2.03. The third-order valence-electron chi connectivity index (χ3n) is 1.49. The Balaban J connectivity index is 2.44. The van der Waals surface area contributed by atoms with Gasteiger partial charge >= 0.3 is 5.97 Å². The molecule has 5 heteroatoms. The van der Waals surface area contributed by atoms with Crippen LogP contribution in [0.2, 0.25) is 0 Å². The van der Waals surface area contributed by atoms with E-state index >= 15 is 0 Å². The van der Waals surface area contributed by atoms with E-state index in [1.807, 2.05) is 6.07 Å². The summed E-state index contributed by atoms with van der Waals surface area (Å²) in [4.78, 5) is 11.9. The Hall–Kier alpha value is -0.910. The monoisotopic (exact) mass is 200 g/mol. The summed E-state index contributed by atoms with van der Waals surface area (Å²) in [5.74, 6) is -0.866. The molecule has 1 aromatic rings. The van der Waals surface area contributed by atoms with Gasteiger partial charge in [0.1, 0.15) is 4.88 Å². The van der Waals surface area contributed by atoms with Gasteiger partial charge in [-0.1, -0.05) is 0 Å². The number of carboxylic acids is 1. The average Bonchev–Trinajstić information content (AvgIpc) is 2.53. The largest absolute Gasteiger partial charge is 0.477 e. The second kappa shape index (κ2) is 4.96. The molecule has 0 fully saturated rings. The van der Waals surface area contributed by atoms with Crippen LogP contribution in [0, 0.1) is 0 Å². The third-order valence-corrected chi connectivity index (χ3v) is 2.57. The summed E-state index contributed by atoms with van der Waals surface area (Å²) in [5.41, 5.74) is 5.29. The van der Waals surface area contributed by atoms with Crippen molar-refractivity contribution in [3.63, 3.8) is 0 Å². The number of carbonyl (C=O) groups is 1. The predicted octanol–water partition coefficient (Wildman–Crippen LogP) is 0.495. The van der Waals surface area contributed by atoms with Gasteiger partial charge in [0.2, 0.25) is 0 Å². The summed E-state index contributed by atoms with van der Waals surface area (Å²) in [6, 6.07) is 3.43. The molecule has 0 aromatic carbocycles. The van der Waals surface area contributed by atoms with E-state index in [0.29, 0.717) is 18.0 Å². The van der Waals surface area contributed by atoms with Gasteiger partial charge in [-0.2, -0.15) is 0 Å². The van der Waals surface area contributed by atoms with Crippen LogP contribution in [-0.2, 0) is 6.54 Å². The number of nitrogens with two attached hydrogens (primary N) is 1. The smallest absolute Gasteiger partial charge is 0.345 e. The normalized spacial score (nSPS) is 10.2. The van der Waals surface area contributed by atoms with Crippen molar-refractivity contribution in [3.05, 3.63) is 21.9 Å². The van der Waals surface area contributed by atoms with Crippen molar-refractivity contribution in [2.24, 2.45) is 5.73 Å². The van der Waals surface area contributed by atoms with Gasteiger partial charge in [0.15, 0.2) is 0 Å². The maximum atomic E-state index is 10.5. The van der Waals surface area contributed by atoms with Crippen LogP contribution in [0.25, 0.3) is 0 Å². The quantitative estimate of drug-likeness (QED) is 0.605. The number of aromatic carboxylic acids is 1. The molecule has 1 heterocycles. The molecule has 0 aliphatic rings. The zero-order valence-corrected chi connectivity index (χ0v) is 7.93. The average molecular weight is 200 g/mol. The Kier molecular flexibility index (Phi) is 3.88. The van der Waals surface area contributed by atoms with E-state index < -0.39 is 5.97 Å². The first-order valence-electron chi connectivity index (χ1n) is 3.97. The number of hydrogen-bond acceptors (Lipinski definition) is 4. The molecule has 13 heavy (non-hydrogen) atoms. The highest BCUT2D eigenvalue weighted by Crippen LogP contribution is 2.15. The maximum Gasteiger partial charge on any atom is 0.345 e. The molecule has 0 amide bonds. The van der Waals surface area contributed by atoms with Crippen LogP contribution in [0.4, 0.5) is 0 Å². The fourth-order valence-corrected chi connectivity index (χ4v) is 1.72. The highest BCUT2D eigenvalue weighted by atomic mass is 32.1. The van der Waals surface area contributed by atoms with Crippen LogP contribution in [0.15, 0.2) is 12.1 Å². The molecule has 0 aliphatic heterocycles. The van der Waals surface area contributed by atoms with Crippen LogP contribution in [0.3, 0.4) is 0 Å². The molecule has 0 unspecified atom stereocenters. The highest BCUT2D eigenvalue weighted by Gasteiger charge is 2.05. The minimum absolute atomic E-state index is 0.379. The second-order valence-electron chi connectivity index (χ2n) is 2.54. The van der Waals surface area contributed by atoms with E-state index in [1.165, 1.54) is 11.3 Å². The molecule has 0 saturated carbocycles. The Morgan fingerprint density at radius 2 is 2.38 bits per heavy atom. The predicted molar refractivity (Wildman–Crippen MR) is 52.0 cm³/mol. The zero-order valence-electron chi connectivity index (χ0n) is 7.12. The van der Waals surface area contributed by atoms with Crippen molar-refractivity contribution in [2.45, 2.75) is 6.54 Å². The minimum atomic E-state index is -0.866. The molecule has 0 saturated heterocycles. The summed E-state index contributed by atoms with van der Waals surface area (Å²) < 4.78 is 0. The lowest BCUT2D eigenvalue weighted by Gasteiger charge is -1.98. The topological polar surface area (TPSA) is 75.3 Å². The molecule has 72 valence electrons. The third kappa shape index (κ3) is 3.14. The van der Waals surface area contributed by atoms with Gasteiger partial charge in [-0.25, -0.2) is 4.79 Å². The summed E-state index contributed by atoms with van der Waals surface area (Å²) >= 11 is 1.29. The van der Waals surface area contributed by atoms with Crippen LogP contribution < -0.4 is 11.1 Å². The fourth-order valence-electron chi connectivity index (χ4n) is 0.902. The van der Waals surface area contributed by atoms with Gasteiger partial charge in [0, 0.05) is 24.5 Å². The molecule has 1 rings (SSSR count). The zero-order chi connectivity index (χ0) is 9.68. The second-order valence-corrected chi connectivity index (χ2v) is 3.70. The van der Waals surface area contributed by atoms with E-state index in [9.17, 15) is 4.79 Å². The highest BCUT2D eigenvalue weighted by molar-refractivity contribution is 7.13. The number of hydrogen-bond donors (Lipinski definition) is 3. The van der Waals surface area contributed by atoms with Crippen LogP contribution >= 0.6 is 11.3 Å². The van der Waals surface area contributed by atoms with E-state index in [0.717, 1.165) is 11.4 Å². The van der Waals surface area contributed by atoms with Crippen molar-refractivity contribution >= 4 is 17.3 Å². The van der Waals surface area contributed by atoms with Gasteiger partial charge in [-0.15, -0.1) is 11.3 Å². The van der Waals surface area contributed by atoms with E-state index in [4.69, 9.17) is 10.8 Å². The van der Waals surface area contributed by atoms with Gasteiger partial charge in [0.05, 0.1) is 0 Å². The van der Waals surface area contributed by atoms with Gasteiger partial charge in [-0.3, -0.25) is 0 Å². The van der Waals surface area contributed by atoms with Crippen molar-refractivity contribution in [1.82, 2.24) is 5.32 Å². The number of thiophene rings is 1. The standard InChI is InChI=1S/C8H12N2O2S/c9-3-4-10-5-6-1-2-7(13-6)8(11)12/h1-2,10H,3-5,9H2,(H,11,12). The minimum Gasteiger partial charge on any atom is -0.477 e. The van der Waals surface area contributed by atoms with Crippen molar-refractivity contribution in [1.29, 1.82) is 0 Å². The Morgan fingerprint density at radius 3 is 2.92 bits per heavy atom. The lowest BCUT2D eigenvalue weighted by Crippen LogP contribution is -2.21. The molecule has 4 nitrogen and oxygen atoms in total.